The topological polar surface area (TPSA) is 226 Å². The van der Waals surface area contributed by atoms with E-state index in [-0.39, 0.29) is 12.8 Å². The maximum Gasteiger partial charge on any atom is 0.326 e. The predicted octanol–water partition coefficient (Wildman–Crippen LogP) is -1.82. The molecular weight excluding hydrogens is 482 g/mol. The number of amides is 3. The summed E-state index contributed by atoms with van der Waals surface area (Å²) < 4.78 is 0. The number of aliphatic carboxylic acids is 1. The van der Waals surface area contributed by atoms with Crippen LogP contribution in [-0.4, -0.2) is 81.2 Å². The molecule has 1 aromatic carbocycles. The molecule has 1 aromatic heterocycles. The molecule has 2 aromatic rings. The number of benzene rings is 1. The highest BCUT2D eigenvalue weighted by molar-refractivity contribution is 5.94. The summed E-state index contributed by atoms with van der Waals surface area (Å²) in [5.41, 5.74) is 12.5. The SMILES string of the molecule is NCCCCC(N)C(=O)NC(CO)C(=O)NC(Cc1ccccc1)C(=O)NC(Cc1cnc[nH]1)C(=O)O. The number of aliphatic hydroxyl groups is 1. The van der Waals surface area contributed by atoms with Crippen LogP contribution < -0.4 is 27.4 Å². The van der Waals surface area contributed by atoms with Crippen molar-refractivity contribution in [3.05, 3.63) is 54.1 Å². The van der Waals surface area contributed by atoms with Crippen LogP contribution in [0.1, 0.15) is 30.5 Å². The summed E-state index contributed by atoms with van der Waals surface area (Å²) >= 11 is 0. The van der Waals surface area contributed by atoms with E-state index in [1.165, 1.54) is 12.5 Å². The number of hydrogen-bond donors (Lipinski definition) is 8. The van der Waals surface area contributed by atoms with Crippen molar-refractivity contribution in [1.29, 1.82) is 0 Å². The minimum Gasteiger partial charge on any atom is -0.480 e. The van der Waals surface area contributed by atoms with Crippen molar-refractivity contribution in [3.63, 3.8) is 0 Å². The van der Waals surface area contributed by atoms with Crippen molar-refractivity contribution >= 4 is 23.7 Å². The van der Waals surface area contributed by atoms with E-state index in [0.717, 1.165) is 0 Å². The number of nitrogens with two attached hydrogens (primary N) is 2. The van der Waals surface area contributed by atoms with Crippen molar-refractivity contribution < 1.29 is 29.4 Å². The van der Waals surface area contributed by atoms with Gasteiger partial charge < -0.3 is 42.6 Å². The van der Waals surface area contributed by atoms with Crippen LogP contribution in [-0.2, 0) is 32.0 Å². The maximum absolute atomic E-state index is 13.1. The molecule has 4 unspecified atom stereocenters. The molecule has 0 saturated carbocycles. The second kappa shape index (κ2) is 15.3. The second-order valence-corrected chi connectivity index (χ2v) is 8.57. The number of carboxylic acid groups (broad SMARTS) is 1. The Balaban J connectivity index is 2.12. The summed E-state index contributed by atoms with van der Waals surface area (Å²) in [6.45, 7) is -0.268. The molecule has 0 aliphatic carbocycles. The summed E-state index contributed by atoms with van der Waals surface area (Å²) in [7, 11) is 0. The molecule has 13 heteroatoms. The number of H-pyrrole nitrogens is 1. The fourth-order valence-electron chi connectivity index (χ4n) is 3.53. The molecular formula is C24H35N7O6. The van der Waals surface area contributed by atoms with Crippen molar-refractivity contribution in [1.82, 2.24) is 25.9 Å². The second-order valence-electron chi connectivity index (χ2n) is 8.57. The largest absolute Gasteiger partial charge is 0.480 e. The van der Waals surface area contributed by atoms with Crippen molar-refractivity contribution in [2.24, 2.45) is 11.5 Å². The highest BCUT2D eigenvalue weighted by Crippen LogP contribution is 2.06. The Kier molecular flexibility index (Phi) is 12.2. The van der Waals surface area contributed by atoms with Gasteiger partial charge in [-0.15, -0.1) is 0 Å². The summed E-state index contributed by atoms with van der Waals surface area (Å²) in [6, 6.07) is 4.06. The van der Waals surface area contributed by atoms with E-state index in [0.29, 0.717) is 37.1 Å². The monoisotopic (exact) mass is 517 g/mol. The lowest BCUT2D eigenvalue weighted by molar-refractivity contribution is -0.142. The van der Waals surface area contributed by atoms with Crippen molar-refractivity contribution in [2.45, 2.75) is 56.3 Å². The zero-order valence-electron chi connectivity index (χ0n) is 20.4. The fraction of sp³-hybridized carbons (Fsp3) is 0.458. The molecule has 13 nitrogen and oxygen atoms in total. The molecule has 0 fully saturated rings. The van der Waals surface area contributed by atoms with Gasteiger partial charge in [0.1, 0.15) is 18.1 Å². The van der Waals surface area contributed by atoms with Gasteiger partial charge in [-0.1, -0.05) is 36.8 Å². The molecule has 0 bridgehead atoms. The third-order valence-electron chi connectivity index (χ3n) is 5.63. The number of carbonyl (C=O) groups excluding carboxylic acids is 3. The van der Waals surface area contributed by atoms with Gasteiger partial charge in [0, 0.05) is 24.7 Å². The van der Waals surface area contributed by atoms with E-state index >= 15 is 0 Å². The Morgan fingerprint density at radius 3 is 2.16 bits per heavy atom. The van der Waals surface area contributed by atoms with Crippen LogP contribution in [0.25, 0.3) is 0 Å². The predicted molar refractivity (Wildman–Crippen MR) is 134 cm³/mol. The van der Waals surface area contributed by atoms with E-state index in [1.54, 1.807) is 30.3 Å². The van der Waals surface area contributed by atoms with Crippen LogP contribution in [0.5, 0.6) is 0 Å². The Labute approximate surface area is 214 Å². The number of aromatic nitrogens is 2. The lowest BCUT2D eigenvalue weighted by Gasteiger charge is -2.24. The van der Waals surface area contributed by atoms with Crippen molar-refractivity contribution in [3.8, 4) is 0 Å². The number of imidazole rings is 1. The minimum absolute atomic E-state index is 0.0412. The number of aromatic amines is 1. The molecule has 0 saturated heterocycles. The van der Waals surface area contributed by atoms with Crippen LogP contribution in [0.2, 0.25) is 0 Å². The fourth-order valence-corrected chi connectivity index (χ4v) is 3.53. The number of hydrogen-bond acceptors (Lipinski definition) is 8. The number of nitrogens with zero attached hydrogens (tertiary/aromatic N) is 1. The average Bonchev–Trinajstić information content (AvgIpc) is 3.40. The van der Waals surface area contributed by atoms with Gasteiger partial charge in [-0.2, -0.15) is 0 Å². The molecule has 3 amide bonds. The molecule has 4 atom stereocenters. The van der Waals surface area contributed by atoms with Crippen LogP contribution in [0, 0.1) is 0 Å². The lowest BCUT2D eigenvalue weighted by atomic mass is 10.0. The molecule has 1 heterocycles. The van der Waals surface area contributed by atoms with Crippen LogP contribution in [0.3, 0.4) is 0 Å². The first kappa shape index (κ1) is 29.4. The Morgan fingerprint density at radius 1 is 0.919 bits per heavy atom. The number of aliphatic hydroxyl groups excluding tert-OH is 1. The van der Waals surface area contributed by atoms with Gasteiger partial charge in [0.2, 0.25) is 17.7 Å². The van der Waals surface area contributed by atoms with Gasteiger partial charge in [-0.25, -0.2) is 9.78 Å². The van der Waals surface area contributed by atoms with Crippen LogP contribution in [0.4, 0.5) is 0 Å². The molecule has 2 rings (SSSR count). The smallest absolute Gasteiger partial charge is 0.326 e. The molecule has 202 valence electrons. The van der Waals surface area contributed by atoms with Crippen LogP contribution in [0.15, 0.2) is 42.9 Å². The molecule has 10 N–H and O–H groups in total. The van der Waals surface area contributed by atoms with E-state index < -0.39 is 54.5 Å². The van der Waals surface area contributed by atoms with E-state index in [1.807, 2.05) is 0 Å². The van der Waals surface area contributed by atoms with E-state index in [4.69, 9.17) is 11.5 Å². The number of nitrogens with one attached hydrogen (secondary N) is 4. The first-order valence-electron chi connectivity index (χ1n) is 12.0. The minimum atomic E-state index is -1.36. The number of carbonyl (C=O) groups is 4. The molecule has 37 heavy (non-hydrogen) atoms. The summed E-state index contributed by atoms with van der Waals surface area (Å²) in [5, 5.41) is 26.7. The van der Waals surface area contributed by atoms with Gasteiger partial charge in [0.15, 0.2) is 0 Å². The summed E-state index contributed by atoms with van der Waals surface area (Å²) in [5.74, 6) is -3.45. The van der Waals surface area contributed by atoms with E-state index in [9.17, 15) is 29.4 Å². The number of carboxylic acids is 1. The van der Waals surface area contributed by atoms with Crippen molar-refractivity contribution in [2.75, 3.05) is 13.2 Å². The maximum atomic E-state index is 13.1. The third kappa shape index (κ3) is 9.99. The van der Waals surface area contributed by atoms with Gasteiger partial charge in [-0.05, 0) is 24.9 Å². The van der Waals surface area contributed by atoms with Gasteiger partial charge in [0.25, 0.3) is 0 Å². The molecule has 0 aliphatic heterocycles. The first-order chi connectivity index (χ1) is 17.7. The zero-order chi connectivity index (χ0) is 27.2. The highest BCUT2D eigenvalue weighted by atomic mass is 16.4. The average molecular weight is 518 g/mol. The molecule has 0 spiro atoms. The number of unbranched alkanes of at least 4 members (excludes halogenated alkanes) is 1. The zero-order valence-corrected chi connectivity index (χ0v) is 20.4. The quantitative estimate of drug-likeness (QED) is 0.117. The van der Waals surface area contributed by atoms with E-state index in [2.05, 4.69) is 25.9 Å². The van der Waals surface area contributed by atoms with Gasteiger partial charge >= 0.3 is 5.97 Å². The lowest BCUT2D eigenvalue weighted by Crippen LogP contribution is -2.58. The highest BCUT2D eigenvalue weighted by Gasteiger charge is 2.30. The molecule has 0 radical (unpaired) electrons. The van der Waals surface area contributed by atoms with Gasteiger partial charge in [0.05, 0.1) is 19.0 Å². The standard InChI is InChI=1S/C24H35N7O6/c25-9-5-4-8-17(26)21(33)31-20(13-32)23(35)29-18(10-15-6-2-1-3-7-15)22(34)30-19(24(36)37)11-16-12-27-14-28-16/h1-3,6-7,12,14,17-20,32H,4-5,8-11,13,25-26H2,(H,27,28)(H,29,35)(H,30,34)(H,31,33)(H,36,37). The number of rotatable bonds is 16. The van der Waals surface area contributed by atoms with Gasteiger partial charge in [-0.3, -0.25) is 14.4 Å². The summed E-state index contributed by atoms with van der Waals surface area (Å²) in [4.78, 5) is 56.8. The Bertz CT molecular complexity index is 1000. The normalized spacial score (nSPS) is 14.1. The Morgan fingerprint density at radius 2 is 1.57 bits per heavy atom. The Hall–Kier alpha value is -3.81. The first-order valence-corrected chi connectivity index (χ1v) is 12.0. The third-order valence-corrected chi connectivity index (χ3v) is 5.63. The van der Waals surface area contributed by atoms with Crippen LogP contribution >= 0.6 is 0 Å². The molecule has 0 aliphatic rings. The summed E-state index contributed by atoms with van der Waals surface area (Å²) in [6.07, 6.45) is 4.50.